The Labute approximate surface area is 131 Å². The molecule has 1 atom stereocenters. The zero-order valence-electron chi connectivity index (χ0n) is 12.9. The van der Waals surface area contributed by atoms with E-state index in [1.807, 2.05) is 0 Å². The number of hydrogen-bond acceptors (Lipinski definition) is 4. The fraction of sp³-hybridized carbons (Fsp3) is 0.533. The molecule has 6 nitrogen and oxygen atoms in total. The van der Waals surface area contributed by atoms with Crippen LogP contribution in [0.1, 0.15) is 37.0 Å². The fourth-order valence-corrected chi connectivity index (χ4v) is 3.60. The van der Waals surface area contributed by atoms with Crippen molar-refractivity contribution in [2.75, 3.05) is 6.54 Å². The minimum Gasteiger partial charge on any atom is -0.348 e. The molecule has 1 aliphatic carbocycles. The molecule has 4 N–H and O–H groups in total. The molecule has 1 amide bonds. The Bertz CT molecular complexity index is 639. The molecule has 1 aromatic rings. The highest BCUT2D eigenvalue weighted by molar-refractivity contribution is 7.89. The smallest absolute Gasteiger partial charge is 0.251 e. The Morgan fingerprint density at radius 2 is 2.05 bits per heavy atom. The van der Waals surface area contributed by atoms with Crippen molar-refractivity contribution in [2.45, 2.75) is 43.7 Å². The Morgan fingerprint density at radius 3 is 2.59 bits per heavy atom. The van der Waals surface area contributed by atoms with E-state index >= 15 is 0 Å². The second-order valence-corrected chi connectivity index (χ2v) is 7.67. The van der Waals surface area contributed by atoms with Crippen LogP contribution in [0.15, 0.2) is 29.2 Å². The van der Waals surface area contributed by atoms with Gasteiger partial charge in [-0.2, -0.15) is 0 Å². The first-order chi connectivity index (χ1) is 10.3. The SMILES string of the molecule is CC(C)NS(=O)(=O)c1cccc(C(=O)NC(CN)C2CC2)c1. The second-order valence-electron chi connectivity index (χ2n) is 5.96. The first kappa shape index (κ1) is 16.9. The summed E-state index contributed by atoms with van der Waals surface area (Å²) in [6, 6.07) is 5.78. The minimum absolute atomic E-state index is 0.0402. The van der Waals surface area contributed by atoms with Crippen molar-refractivity contribution in [1.82, 2.24) is 10.0 Å². The zero-order chi connectivity index (χ0) is 16.3. The molecule has 1 aliphatic rings. The van der Waals surface area contributed by atoms with Crippen molar-refractivity contribution >= 4 is 15.9 Å². The van der Waals surface area contributed by atoms with Crippen molar-refractivity contribution in [1.29, 1.82) is 0 Å². The largest absolute Gasteiger partial charge is 0.348 e. The van der Waals surface area contributed by atoms with Crippen LogP contribution in [0.2, 0.25) is 0 Å². The maximum Gasteiger partial charge on any atom is 0.251 e. The van der Waals surface area contributed by atoms with E-state index in [0.29, 0.717) is 18.0 Å². The zero-order valence-corrected chi connectivity index (χ0v) is 13.7. The Kier molecular flexibility index (Phi) is 5.20. The molecule has 1 saturated carbocycles. The van der Waals surface area contributed by atoms with Crippen LogP contribution in [0.5, 0.6) is 0 Å². The first-order valence-corrected chi connectivity index (χ1v) is 8.95. The van der Waals surface area contributed by atoms with Gasteiger partial charge in [-0.3, -0.25) is 4.79 Å². The number of nitrogens with two attached hydrogens (primary N) is 1. The van der Waals surface area contributed by atoms with Gasteiger partial charge in [-0.05, 0) is 50.8 Å². The van der Waals surface area contributed by atoms with Crippen molar-refractivity contribution in [3.63, 3.8) is 0 Å². The van der Waals surface area contributed by atoms with Crippen LogP contribution in [-0.4, -0.2) is 33.0 Å². The fourth-order valence-electron chi connectivity index (χ4n) is 2.30. The molecule has 0 saturated heterocycles. The molecule has 0 radical (unpaired) electrons. The molecule has 0 aromatic heterocycles. The number of amides is 1. The Hall–Kier alpha value is -1.44. The lowest BCUT2D eigenvalue weighted by molar-refractivity contribution is 0.0933. The van der Waals surface area contributed by atoms with Crippen LogP contribution in [0.25, 0.3) is 0 Å². The van der Waals surface area contributed by atoms with Gasteiger partial charge < -0.3 is 11.1 Å². The van der Waals surface area contributed by atoms with Gasteiger partial charge in [0.2, 0.25) is 10.0 Å². The van der Waals surface area contributed by atoms with Crippen molar-refractivity contribution < 1.29 is 13.2 Å². The van der Waals surface area contributed by atoms with Gasteiger partial charge in [0, 0.05) is 24.2 Å². The maximum atomic E-state index is 12.3. The second kappa shape index (κ2) is 6.76. The van der Waals surface area contributed by atoms with E-state index in [9.17, 15) is 13.2 Å². The number of hydrogen-bond donors (Lipinski definition) is 3. The quantitative estimate of drug-likeness (QED) is 0.691. The summed E-state index contributed by atoms with van der Waals surface area (Å²) in [5.74, 6) is 0.160. The third-order valence-electron chi connectivity index (χ3n) is 3.56. The Morgan fingerprint density at radius 1 is 1.36 bits per heavy atom. The Balaban J connectivity index is 2.15. The van der Waals surface area contributed by atoms with Crippen LogP contribution in [0.4, 0.5) is 0 Å². The number of rotatable bonds is 7. The molecule has 0 spiro atoms. The number of carbonyl (C=O) groups is 1. The van der Waals surface area contributed by atoms with E-state index in [0.717, 1.165) is 12.8 Å². The highest BCUT2D eigenvalue weighted by Crippen LogP contribution is 2.32. The van der Waals surface area contributed by atoms with Crippen molar-refractivity contribution in [3.8, 4) is 0 Å². The van der Waals surface area contributed by atoms with Gasteiger partial charge in [-0.25, -0.2) is 13.1 Å². The van der Waals surface area contributed by atoms with E-state index < -0.39 is 10.0 Å². The molecule has 22 heavy (non-hydrogen) atoms. The van der Waals surface area contributed by atoms with E-state index in [1.165, 1.54) is 12.1 Å². The van der Waals surface area contributed by atoms with Gasteiger partial charge in [0.15, 0.2) is 0 Å². The van der Waals surface area contributed by atoms with E-state index in [-0.39, 0.29) is 22.9 Å². The minimum atomic E-state index is -3.61. The molecule has 1 fully saturated rings. The molecule has 1 aromatic carbocycles. The summed E-state index contributed by atoms with van der Waals surface area (Å²) in [6.45, 7) is 3.88. The monoisotopic (exact) mass is 325 g/mol. The number of benzene rings is 1. The average molecular weight is 325 g/mol. The first-order valence-electron chi connectivity index (χ1n) is 7.47. The highest BCUT2D eigenvalue weighted by Gasteiger charge is 2.31. The van der Waals surface area contributed by atoms with Crippen molar-refractivity contribution in [2.24, 2.45) is 11.7 Å². The standard InChI is InChI=1S/C15H23N3O3S/c1-10(2)18-22(20,21)13-5-3-4-12(8-13)15(19)17-14(9-16)11-6-7-11/h3-5,8,10-11,14,18H,6-7,9,16H2,1-2H3,(H,17,19). The third-order valence-corrected chi connectivity index (χ3v) is 5.22. The lowest BCUT2D eigenvalue weighted by atomic mass is 10.1. The molecule has 0 heterocycles. The molecule has 122 valence electrons. The van der Waals surface area contributed by atoms with Crippen LogP contribution >= 0.6 is 0 Å². The lowest BCUT2D eigenvalue weighted by Gasteiger charge is -2.16. The van der Waals surface area contributed by atoms with E-state index in [4.69, 9.17) is 5.73 Å². The predicted octanol–water partition coefficient (Wildman–Crippen LogP) is 0.840. The molecule has 2 rings (SSSR count). The normalized spacial score (nSPS) is 16.5. The third kappa shape index (κ3) is 4.28. The van der Waals surface area contributed by atoms with Gasteiger partial charge in [0.25, 0.3) is 5.91 Å². The number of nitrogens with one attached hydrogen (secondary N) is 2. The van der Waals surface area contributed by atoms with E-state index in [2.05, 4.69) is 10.0 Å². The summed E-state index contributed by atoms with van der Waals surface area (Å²) in [5.41, 5.74) is 6.00. The summed E-state index contributed by atoms with van der Waals surface area (Å²) in [7, 11) is -3.61. The van der Waals surface area contributed by atoms with E-state index in [1.54, 1.807) is 26.0 Å². The molecular formula is C15H23N3O3S. The topological polar surface area (TPSA) is 101 Å². The highest BCUT2D eigenvalue weighted by atomic mass is 32.2. The van der Waals surface area contributed by atoms with Crippen LogP contribution < -0.4 is 15.8 Å². The molecule has 0 aliphatic heterocycles. The lowest BCUT2D eigenvalue weighted by Crippen LogP contribution is -2.41. The predicted molar refractivity (Wildman–Crippen MR) is 84.9 cm³/mol. The molecule has 1 unspecified atom stereocenters. The van der Waals surface area contributed by atoms with Gasteiger partial charge in [0.05, 0.1) is 4.90 Å². The maximum absolute atomic E-state index is 12.3. The van der Waals surface area contributed by atoms with Gasteiger partial charge in [-0.1, -0.05) is 6.07 Å². The summed E-state index contributed by atoms with van der Waals surface area (Å²) >= 11 is 0. The summed E-state index contributed by atoms with van der Waals surface area (Å²) in [4.78, 5) is 12.4. The van der Waals surface area contributed by atoms with Gasteiger partial charge in [-0.15, -0.1) is 0 Å². The van der Waals surface area contributed by atoms with Gasteiger partial charge >= 0.3 is 0 Å². The summed E-state index contributed by atoms with van der Waals surface area (Å²) in [6.07, 6.45) is 2.16. The molecular weight excluding hydrogens is 302 g/mol. The molecule has 7 heteroatoms. The molecule has 0 bridgehead atoms. The summed E-state index contributed by atoms with van der Waals surface area (Å²) < 4.78 is 26.8. The van der Waals surface area contributed by atoms with Crippen LogP contribution in [0.3, 0.4) is 0 Å². The number of carbonyl (C=O) groups excluding carboxylic acids is 1. The van der Waals surface area contributed by atoms with Gasteiger partial charge in [0.1, 0.15) is 0 Å². The van der Waals surface area contributed by atoms with Crippen LogP contribution in [0, 0.1) is 5.92 Å². The summed E-state index contributed by atoms with van der Waals surface area (Å²) in [5, 5.41) is 2.89. The van der Waals surface area contributed by atoms with Crippen molar-refractivity contribution in [3.05, 3.63) is 29.8 Å². The van der Waals surface area contributed by atoms with Crippen LogP contribution in [-0.2, 0) is 10.0 Å². The average Bonchev–Trinajstić information content (AvgIpc) is 3.28. The number of sulfonamides is 1.